The lowest BCUT2D eigenvalue weighted by molar-refractivity contribution is 0.0308. The van der Waals surface area contributed by atoms with Crippen LogP contribution in [0.2, 0.25) is 0 Å². The first-order valence-corrected chi connectivity index (χ1v) is 7.44. The Labute approximate surface area is 117 Å². The predicted octanol–water partition coefficient (Wildman–Crippen LogP) is 2.36. The molecule has 2 heterocycles. The average Bonchev–Trinajstić information content (AvgIpc) is 3.06. The molecule has 1 amide bonds. The molecule has 104 valence electrons. The quantitative estimate of drug-likeness (QED) is 0.911. The average molecular weight is 270 g/mol. The summed E-state index contributed by atoms with van der Waals surface area (Å²) >= 11 is 0. The van der Waals surface area contributed by atoms with Crippen LogP contribution >= 0.6 is 0 Å². The van der Waals surface area contributed by atoms with Crippen molar-refractivity contribution in [2.75, 3.05) is 6.54 Å². The van der Waals surface area contributed by atoms with Gasteiger partial charge in [-0.1, -0.05) is 12.8 Å². The molecule has 5 nitrogen and oxygen atoms in total. The molecule has 0 spiro atoms. The second kappa shape index (κ2) is 4.58. The summed E-state index contributed by atoms with van der Waals surface area (Å²) in [5.41, 5.74) is 2.29. The van der Waals surface area contributed by atoms with Crippen molar-refractivity contribution >= 4 is 16.9 Å². The Morgan fingerprint density at radius 3 is 2.70 bits per heavy atom. The molecule has 1 saturated carbocycles. The molecule has 2 aromatic rings. The molecule has 20 heavy (non-hydrogen) atoms. The second-order valence-electron chi connectivity index (χ2n) is 5.93. The minimum atomic E-state index is 0.151. The van der Waals surface area contributed by atoms with Gasteiger partial charge in [0.1, 0.15) is 11.0 Å². The van der Waals surface area contributed by atoms with Gasteiger partial charge in [0.2, 0.25) is 0 Å². The number of rotatable bonds is 2. The summed E-state index contributed by atoms with van der Waals surface area (Å²) in [5, 5.41) is 10.7. The predicted molar refractivity (Wildman–Crippen MR) is 75.3 cm³/mol. The van der Waals surface area contributed by atoms with Gasteiger partial charge >= 0.3 is 0 Å². The molecule has 4 rings (SSSR count). The number of likely N-dealkylation sites (tertiary alicyclic amines) is 1. The van der Waals surface area contributed by atoms with Gasteiger partial charge in [0.25, 0.3) is 5.91 Å². The third kappa shape index (κ3) is 1.80. The van der Waals surface area contributed by atoms with E-state index < -0.39 is 0 Å². The number of amides is 1. The van der Waals surface area contributed by atoms with Gasteiger partial charge in [0.15, 0.2) is 0 Å². The van der Waals surface area contributed by atoms with Gasteiger partial charge in [-0.05, 0) is 43.4 Å². The van der Waals surface area contributed by atoms with Crippen LogP contribution in [0.15, 0.2) is 18.2 Å². The molecule has 2 fully saturated rings. The molecule has 1 N–H and O–H groups in total. The Kier molecular flexibility index (Phi) is 2.72. The number of H-pyrrole nitrogens is 1. The fourth-order valence-corrected chi connectivity index (χ4v) is 3.63. The summed E-state index contributed by atoms with van der Waals surface area (Å²) in [6.07, 6.45) is 6.40. The van der Waals surface area contributed by atoms with E-state index in [0.717, 1.165) is 29.1 Å². The summed E-state index contributed by atoms with van der Waals surface area (Å²) in [4.78, 5) is 14.7. The van der Waals surface area contributed by atoms with Gasteiger partial charge in [-0.2, -0.15) is 15.4 Å². The van der Waals surface area contributed by atoms with Crippen LogP contribution in [0.1, 0.15) is 42.5 Å². The number of aromatic nitrogens is 3. The van der Waals surface area contributed by atoms with E-state index in [1.54, 1.807) is 0 Å². The van der Waals surface area contributed by atoms with Gasteiger partial charge in [-0.15, -0.1) is 0 Å². The van der Waals surface area contributed by atoms with Crippen LogP contribution in [-0.2, 0) is 0 Å². The van der Waals surface area contributed by atoms with E-state index in [9.17, 15) is 4.79 Å². The first-order valence-electron chi connectivity index (χ1n) is 7.44. The van der Waals surface area contributed by atoms with E-state index in [4.69, 9.17) is 0 Å². The van der Waals surface area contributed by atoms with E-state index in [2.05, 4.69) is 20.3 Å². The zero-order valence-electron chi connectivity index (χ0n) is 11.4. The Balaban J connectivity index is 1.56. The van der Waals surface area contributed by atoms with Crippen molar-refractivity contribution in [1.29, 1.82) is 0 Å². The Morgan fingerprint density at radius 2 is 1.95 bits per heavy atom. The van der Waals surface area contributed by atoms with Gasteiger partial charge in [0, 0.05) is 18.2 Å². The first-order chi connectivity index (χ1) is 9.83. The molecule has 1 aliphatic carbocycles. The van der Waals surface area contributed by atoms with E-state index >= 15 is 0 Å². The van der Waals surface area contributed by atoms with Crippen LogP contribution in [0, 0.1) is 5.92 Å². The van der Waals surface area contributed by atoms with E-state index in [-0.39, 0.29) is 5.91 Å². The van der Waals surface area contributed by atoms with Crippen LogP contribution in [0.3, 0.4) is 0 Å². The highest BCUT2D eigenvalue weighted by atomic mass is 16.2. The number of carbonyl (C=O) groups is 1. The number of carbonyl (C=O) groups excluding carboxylic acids is 1. The zero-order valence-corrected chi connectivity index (χ0v) is 11.4. The largest absolute Gasteiger partial charge is 0.335 e. The van der Waals surface area contributed by atoms with Crippen molar-refractivity contribution in [3.8, 4) is 0 Å². The molecular weight excluding hydrogens is 252 g/mol. The minimum absolute atomic E-state index is 0.151. The fourth-order valence-electron chi connectivity index (χ4n) is 3.63. The molecule has 1 aliphatic heterocycles. The van der Waals surface area contributed by atoms with Gasteiger partial charge in [-0.25, -0.2) is 0 Å². The monoisotopic (exact) mass is 270 g/mol. The highest BCUT2D eigenvalue weighted by Crippen LogP contribution is 2.36. The summed E-state index contributed by atoms with van der Waals surface area (Å²) < 4.78 is 0. The molecule has 1 aromatic carbocycles. The van der Waals surface area contributed by atoms with E-state index in [0.29, 0.717) is 6.04 Å². The lowest BCUT2D eigenvalue weighted by Crippen LogP contribution is -2.54. The SMILES string of the molecule is O=C(c1ccc2n[nH]nc2c1)N1CCC1C1CCCC1. The standard InChI is InChI=1S/C15H18N4O/c20-15(11-5-6-12-13(9-11)17-18-16-12)19-8-7-14(19)10-3-1-2-4-10/h5-6,9-10,14H,1-4,7-8H2,(H,16,17,18). The maximum absolute atomic E-state index is 12.6. The Morgan fingerprint density at radius 1 is 1.15 bits per heavy atom. The summed E-state index contributed by atoms with van der Waals surface area (Å²) in [7, 11) is 0. The van der Waals surface area contributed by atoms with Crippen LogP contribution < -0.4 is 0 Å². The summed E-state index contributed by atoms with van der Waals surface area (Å²) in [6.45, 7) is 0.900. The highest BCUT2D eigenvalue weighted by molar-refractivity contribution is 5.97. The number of fused-ring (bicyclic) bond motifs is 1. The third-order valence-corrected chi connectivity index (χ3v) is 4.83. The van der Waals surface area contributed by atoms with Crippen molar-refractivity contribution in [2.45, 2.75) is 38.1 Å². The van der Waals surface area contributed by atoms with Crippen molar-refractivity contribution in [2.24, 2.45) is 5.92 Å². The van der Waals surface area contributed by atoms with Gasteiger partial charge in [0.05, 0.1) is 0 Å². The second-order valence-corrected chi connectivity index (χ2v) is 5.93. The maximum atomic E-state index is 12.6. The van der Waals surface area contributed by atoms with E-state index in [1.165, 1.54) is 32.1 Å². The van der Waals surface area contributed by atoms with Crippen molar-refractivity contribution in [3.05, 3.63) is 23.8 Å². The highest BCUT2D eigenvalue weighted by Gasteiger charge is 2.39. The minimum Gasteiger partial charge on any atom is -0.335 e. The number of hydrogen-bond acceptors (Lipinski definition) is 3. The summed E-state index contributed by atoms with van der Waals surface area (Å²) in [6, 6.07) is 6.02. The molecule has 1 unspecified atom stereocenters. The van der Waals surface area contributed by atoms with Crippen LogP contribution in [0.4, 0.5) is 0 Å². The van der Waals surface area contributed by atoms with Crippen molar-refractivity contribution in [1.82, 2.24) is 20.3 Å². The Bertz CT molecular complexity index is 644. The van der Waals surface area contributed by atoms with Gasteiger partial charge in [-0.3, -0.25) is 4.79 Å². The lowest BCUT2D eigenvalue weighted by atomic mass is 9.87. The molecule has 1 aromatic heterocycles. The molecule has 0 bridgehead atoms. The molecule has 1 saturated heterocycles. The zero-order chi connectivity index (χ0) is 13.5. The van der Waals surface area contributed by atoms with Crippen LogP contribution in [-0.4, -0.2) is 38.8 Å². The van der Waals surface area contributed by atoms with E-state index in [1.807, 2.05) is 18.2 Å². The Hall–Kier alpha value is -1.91. The smallest absolute Gasteiger partial charge is 0.254 e. The topological polar surface area (TPSA) is 61.9 Å². The van der Waals surface area contributed by atoms with Crippen molar-refractivity contribution in [3.63, 3.8) is 0 Å². The molecule has 0 radical (unpaired) electrons. The summed E-state index contributed by atoms with van der Waals surface area (Å²) in [5.74, 6) is 0.876. The number of benzene rings is 1. The number of hydrogen-bond donors (Lipinski definition) is 1. The molecule has 5 heteroatoms. The maximum Gasteiger partial charge on any atom is 0.254 e. The molecule has 1 atom stereocenters. The fraction of sp³-hybridized carbons (Fsp3) is 0.533. The molecule has 2 aliphatic rings. The van der Waals surface area contributed by atoms with Crippen molar-refractivity contribution < 1.29 is 4.79 Å². The van der Waals surface area contributed by atoms with Gasteiger partial charge < -0.3 is 4.90 Å². The lowest BCUT2D eigenvalue weighted by Gasteiger charge is -2.44. The van der Waals surface area contributed by atoms with Crippen LogP contribution in [0.5, 0.6) is 0 Å². The first kappa shape index (κ1) is 11.9. The number of nitrogens with zero attached hydrogens (tertiary/aromatic N) is 3. The number of aromatic amines is 1. The van der Waals surface area contributed by atoms with Crippen LogP contribution in [0.25, 0.3) is 11.0 Å². The molecular formula is C15H18N4O. The number of nitrogens with one attached hydrogen (secondary N) is 1. The third-order valence-electron chi connectivity index (χ3n) is 4.83. The normalized spacial score (nSPS) is 23.2.